The second-order valence-corrected chi connectivity index (χ2v) is 9.50. The lowest BCUT2D eigenvalue weighted by molar-refractivity contribution is 0.312. The molecule has 0 saturated carbocycles. The fourth-order valence-corrected chi connectivity index (χ4v) is 3.95. The molecule has 0 spiro atoms. The van der Waals surface area contributed by atoms with Gasteiger partial charge in [0.2, 0.25) is 0 Å². The van der Waals surface area contributed by atoms with E-state index in [1.54, 1.807) is 7.05 Å². The number of aliphatic imine (C=N–C) groups is 1. The Labute approximate surface area is 191 Å². The predicted octanol–water partition coefficient (Wildman–Crippen LogP) is 3.42. The van der Waals surface area contributed by atoms with Crippen molar-refractivity contribution < 1.29 is 0 Å². The lowest BCUT2D eigenvalue weighted by Gasteiger charge is -2.33. The van der Waals surface area contributed by atoms with Crippen LogP contribution in [-0.2, 0) is 13.0 Å². The Morgan fingerprint density at radius 1 is 1.10 bits per heavy atom. The highest BCUT2D eigenvalue weighted by atomic mass is 35.5. The first kappa shape index (κ1) is 23.4. The average molecular weight is 443 g/mol. The van der Waals surface area contributed by atoms with Gasteiger partial charge < -0.3 is 20.4 Å². The third kappa shape index (κ3) is 7.40. The summed E-state index contributed by atoms with van der Waals surface area (Å²) in [7, 11) is 3.97. The van der Waals surface area contributed by atoms with Crippen LogP contribution in [0.4, 0.5) is 5.82 Å². The topological polar surface area (TPSA) is 55.8 Å². The van der Waals surface area contributed by atoms with Gasteiger partial charge in [0.15, 0.2) is 5.96 Å². The van der Waals surface area contributed by atoms with E-state index in [4.69, 9.17) is 11.6 Å². The molecule has 0 atom stereocenters. The minimum Gasteiger partial charge on any atom is -0.356 e. The zero-order chi connectivity index (χ0) is 22.3. The van der Waals surface area contributed by atoms with Crippen molar-refractivity contribution in [2.24, 2.45) is 10.4 Å². The number of rotatable bonds is 7. The molecule has 168 valence electrons. The first-order chi connectivity index (χ1) is 14.8. The number of nitrogens with one attached hydrogen (secondary N) is 2. The second kappa shape index (κ2) is 10.8. The van der Waals surface area contributed by atoms with Crippen LogP contribution in [0.25, 0.3) is 0 Å². The number of pyridine rings is 1. The van der Waals surface area contributed by atoms with Crippen LogP contribution >= 0.6 is 11.6 Å². The van der Waals surface area contributed by atoms with Gasteiger partial charge in [0, 0.05) is 57.5 Å². The van der Waals surface area contributed by atoms with Crippen molar-refractivity contribution in [1.82, 2.24) is 20.5 Å². The summed E-state index contributed by atoms with van der Waals surface area (Å²) >= 11 is 6.13. The Hall–Kier alpha value is -2.31. The Kier molecular flexibility index (Phi) is 8.15. The summed E-state index contributed by atoms with van der Waals surface area (Å²) in [5.74, 6) is 1.85. The minimum atomic E-state index is 0.0635. The van der Waals surface area contributed by atoms with E-state index < -0.39 is 0 Å². The van der Waals surface area contributed by atoms with E-state index in [2.05, 4.69) is 69.5 Å². The molecule has 0 amide bonds. The molecule has 1 aliphatic rings. The maximum Gasteiger partial charge on any atom is 0.191 e. The number of hydrogen-bond donors (Lipinski definition) is 2. The number of guanidine groups is 1. The standard InChI is InChI=1S/C24H35ClN6/c1-24(2,15-19-6-5-7-21(25)14-19)18-29-23(26-3)28-17-20-8-9-22(27-16-20)31-12-10-30(4)11-13-31/h5-9,14,16H,10-13,15,17-18H2,1-4H3,(H2,26,28,29). The van der Waals surface area contributed by atoms with E-state index in [0.717, 1.165) is 61.5 Å². The third-order valence-electron chi connectivity index (χ3n) is 5.63. The summed E-state index contributed by atoms with van der Waals surface area (Å²) in [5, 5.41) is 7.63. The number of nitrogens with zero attached hydrogens (tertiary/aromatic N) is 4. The van der Waals surface area contributed by atoms with Gasteiger partial charge in [0.1, 0.15) is 5.82 Å². The fourth-order valence-electron chi connectivity index (χ4n) is 3.74. The number of aromatic nitrogens is 1. The highest BCUT2D eigenvalue weighted by Crippen LogP contribution is 2.22. The lowest BCUT2D eigenvalue weighted by Crippen LogP contribution is -2.44. The predicted molar refractivity (Wildman–Crippen MR) is 131 cm³/mol. The van der Waals surface area contributed by atoms with Crippen molar-refractivity contribution in [3.8, 4) is 0 Å². The molecule has 3 rings (SSSR count). The summed E-state index contributed by atoms with van der Waals surface area (Å²) in [5.41, 5.74) is 2.45. The quantitative estimate of drug-likeness (QED) is 0.508. The summed E-state index contributed by atoms with van der Waals surface area (Å²) in [6, 6.07) is 12.3. The van der Waals surface area contributed by atoms with Gasteiger partial charge in [-0.05, 0) is 48.2 Å². The number of halogens is 1. The van der Waals surface area contributed by atoms with E-state index in [9.17, 15) is 0 Å². The van der Waals surface area contributed by atoms with Gasteiger partial charge in [-0.3, -0.25) is 4.99 Å². The van der Waals surface area contributed by atoms with Gasteiger partial charge in [-0.15, -0.1) is 0 Å². The molecule has 1 aromatic heterocycles. The van der Waals surface area contributed by atoms with E-state index in [1.165, 1.54) is 5.56 Å². The first-order valence-corrected chi connectivity index (χ1v) is 11.3. The average Bonchev–Trinajstić information content (AvgIpc) is 2.74. The Morgan fingerprint density at radius 3 is 2.52 bits per heavy atom. The SMILES string of the molecule is CN=C(NCc1ccc(N2CCN(C)CC2)nc1)NCC(C)(C)Cc1cccc(Cl)c1. The zero-order valence-electron chi connectivity index (χ0n) is 19.2. The Morgan fingerprint density at radius 2 is 1.87 bits per heavy atom. The van der Waals surface area contributed by atoms with Crippen LogP contribution in [0.5, 0.6) is 0 Å². The molecule has 0 radical (unpaired) electrons. The lowest BCUT2D eigenvalue weighted by atomic mass is 9.86. The number of benzene rings is 1. The number of anilines is 1. The van der Waals surface area contributed by atoms with Crippen LogP contribution in [-0.4, -0.2) is 62.7 Å². The van der Waals surface area contributed by atoms with Crippen LogP contribution in [0, 0.1) is 5.41 Å². The summed E-state index contributed by atoms with van der Waals surface area (Å²) in [6.07, 6.45) is 2.90. The molecule has 6 nitrogen and oxygen atoms in total. The summed E-state index contributed by atoms with van der Waals surface area (Å²) in [6.45, 7) is 10.2. The van der Waals surface area contributed by atoms with Crippen molar-refractivity contribution in [3.63, 3.8) is 0 Å². The number of piperazine rings is 1. The molecule has 1 fully saturated rings. The molecular weight excluding hydrogens is 408 g/mol. The highest BCUT2D eigenvalue weighted by molar-refractivity contribution is 6.30. The number of likely N-dealkylation sites (N-methyl/N-ethyl adjacent to an activating group) is 1. The van der Waals surface area contributed by atoms with Gasteiger partial charge in [-0.1, -0.05) is 43.6 Å². The molecule has 7 heteroatoms. The Bertz CT molecular complexity index is 857. The van der Waals surface area contributed by atoms with Crippen LogP contribution in [0.1, 0.15) is 25.0 Å². The molecule has 0 aliphatic carbocycles. The molecule has 31 heavy (non-hydrogen) atoms. The van der Waals surface area contributed by atoms with Gasteiger partial charge in [-0.25, -0.2) is 4.98 Å². The smallest absolute Gasteiger partial charge is 0.191 e. The molecule has 1 aliphatic heterocycles. The maximum atomic E-state index is 6.13. The van der Waals surface area contributed by atoms with Crippen molar-refractivity contribution in [2.75, 3.05) is 51.7 Å². The minimum absolute atomic E-state index is 0.0635. The molecule has 1 saturated heterocycles. The Balaban J connectivity index is 1.46. The van der Waals surface area contributed by atoms with E-state index in [1.807, 2.05) is 24.4 Å². The van der Waals surface area contributed by atoms with Crippen molar-refractivity contribution in [1.29, 1.82) is 0 Å². The van der Waals surface area contributed by atoms with E-state index >= 15 is 0 Å². The van der Waals surface area contributed by atoms with Crippen LogP contribution in [0.2, 0.25) is 5.02 Å². The van der Waals surface area contributed by atoms with Crippen molar-refractivity contribution in [3.05, 3.63) is 58.7 Å². The molecule has 1 aromatic carbocycles. The molecule has 0 unspecified atom stereocenters. The van der Waals surface area contributed by atoms with Crippen molar-refractivity contribution >= 4 is 23.4 Å². The summed E-state index contributed by atoms with van der Waals surface area (Å²) in [4.78, 5) is 13.7. The van der Waals surface area contributed by atoms with Crippen molar-refractivity contribution in [2.45, 2.75) is 26.8 Å². The molecule has 2 aromatic rings. The monoisotopic (exact) mass is 442 g/mol. The van der Waals surface area contributed by atoms with E-state index in [0.29, 0.717) is 6.54 Å². The summed E-state index contributed by atoms with van der Waals surface area (Å²) < 4.78 is 0. The van der Waals surface area contributed by atoms with Gasteiger partial charge in [-0.2, -0.15) is 0 Å². The second-order valence-electron chi connectivity index (χ2n) is 9.07. The first-order valence-electron chi connectivity index (χ1n) is 10.9. The maximum absolute atomic E-state index is 6.13. The van der Waals surface area contributed by atoms with Crippen LogP contribution < -0.4 is 15.5 Å². The third-order valence-corrected chi connectivity index (χ3v) is 5.86. The van der Waals surface area contributed by atoms with E-state index in [-0.39, 0.29) is 5.41 Å². The molecule has 2 heterocycles. The molecular formula is C24H35ClN6. The fraction of sp³-hybridized carbons (Fsp3) is 0.500. The van der Waals surface area contributed by atoms with Crippen LogP contribution in [0.3, 0.4) is 0 Å². The van der Waals surface area contributed by atoms with Gasteiger partial charge >= 0.3 is 0 Å². The zero-order valence-corrected chi connectivity index (χ0v) is 19.9. The van der Waals surface area contributed by atoms with Crippen LogP contribution in [0.15, 0.2) is 47.6 Å². The largest absolute Gasteiger partial charge is 0.356 e. The molecule has 2 N–H and O–H groups in total. The normalized spacial score (nSPS) is 15.8. The van der Waals surface area contributed by atoms with Gasteiger partial charge in [0.05, 0.1) is 0 Å². The molecule has 0 bridgehead atoms. The number of hydrogen-bond acceptors (Lipinski definition) is 4. The van der Waals surface area contributed by atoms with Gasteiger partial charge in [0.25, 0.3) is 0 Å². The highest BCUT2D eigenvalue weighted by Gasteiger charge is 2.19.